The van der Waals surface area contributed by atoms with Crippen molar-refractivity contribution in [1.82, 2.24) is 0 Å². The second-order valence-corrected chi connectivity index (χ2v) is 1.75. The van der Waals surface area contributed by atoms with Gasteiger partial charge in [-0.15, -0.1) is 4.91 Å². The van der Waals surface area contributed by atoms with Gasteiger partial charge >= 0.3 is 5.97 Å². The number of nitrogens with zero attached hydrogens (tertiary/aromatic N) is 1. The van der Waals surface area contributed by atoms with E-state index in [-0.39, 0.29) is 0 Å². The molecule has 0 aromatic rings. The Labute approximate surface area is 52.8 Å². The van der Waals surface area contributed by atoms with Gasteiger partial charge in [-0.1, -0.05) is 18.5 Å². The Morgan fingerprint density at radius 1 is 1.78 bits per heavy atom. The van der Waals surface area contributed by atoms with Crippen LogP contribution in [0.25, 0.3) is 0 Å². The molecule has 0 heterocycles. The summed E-state index contributed by atoms with van der Waals surface area (Å²) in [5.41, 5.74) is 0. The average molecular weight is 131 g/mol. The summed E-state index contributed by atoms with van der Waals surface area (Å²) in [6.07, 6.45) is 1.00. The molecular weight excluding hydrogens is 122 g/mol. The lowest BCUT2D eigenvalue weighted by Crippen LogP contribution is -2.16. The molecular formula is C5H9NO3. The van der Waals surface area contributed by atoms with E-state index in [1.54, 1.807) is 6.92 Å². The largest absolute Gasteiger partial charge is 0.480 e. The van der Waals surface area contributed by atoms with Gasteiger partial charge in [-0.3, -0.25) is 0 Å². The standard InChI is InChI=1S/C5H9NO3/c1-2-3-4(6-9)5(7)8/h4H,2-3H2,1H3,(H,7,8)/t4-/m0/s1. The van der Waals surface area contributed by atoms with E-state index in [4.69, 9.17) is 5.11 Å². The summed E-state index contributed by atoms with van der Waals surface area (Å²) < 4.78 is 0. The second-order valence-electron chi connectivity index (χ2n) is 1.75. The molecule has 0 radical (unpaired) electrons. The Morgan fingerprint density at radius 3 is 2.44 bits per heavy atom. The van der Waals surface area contributed by atoms with Crippen LogP contribution in [0.5, 0.6) is 0 Å². The minimum absolute atomic E-state index is 0.332. The SMILES string of the molecule is CCC[C@H](N=O)C(=O)O. The zero-order chi connectivity index (χ0) is 7.28. The van der Waals surface area contributed by atoms with Crippen LogP contribution in [0, 0.1) is 4.91 Å². The van der Waals surface area contributed by atoms with Gasteiger partial charge in [-0.2, -0.15) is 0 Å². The van der Waals surface area contributed by atoms with Crippen molar-refractivity contribution in [3.8, 4) is 0 Å². The molecule has 0 amide bonds. The maximum Gasteiger partial charge on any atom is 0.332 e. The van der Waals surface area contributed by atoms with Crippen LogP contribution in [0.3, 0.4) is 0 Å². The van der Waals surface area contributed by atoms with Gasteiger partial charge < -0.3 is 5.11 Å². The van der Waals surface area contributed by atoms with Gasteiger partial charge in [0.1, 0.15) is 0 Å². The monoisotopic (exact) mass is 131 g/mol. The third kappa shape index (κ3) is 2.79. The maximum absolute atomic E-state index is 10.0. The van der Waals surface area contributed by atoms with Gasteiger partial charge in [-0.05, 0) is 6.42 Å². The molecule has 1 N–H and O–H groups in total. The highest BCUT2D eigenvalue weighted by atomic mass is 16.4. The number of aliphatic carboxylic acids is 1. The molecule has 0 rings (SSSR count). The predicted molar refractivity (Wildman–Crippen MR) is 32.1 cm³/mol. The molecule has 4 heteroatoms. The lowest BCUT2D eigenvalue weighted by atomic mass is 10.2. The van der Waals surface area contributed by atoms with E-state index in [1.165, 1.54) is 0 Å². The van der Waals surface area contributed by atoms with Crippen molar-refractivity contribution in [3.63, 3.8) is 0 Å². The van der Waals surface area contributed by atoms with E-state index in [9.17, 15) is 9.70 Å². The van der Waals surface area contributed by atoms with Crippen molar-refractivity contribution < 1.29 is 9.90 Å². The first kappa shape index (κ1) is 8.07. The van der Waals surface area contributed by atoms with E-state index < -0.39 is 12.0 Å². The molecule has 4 nitrogen and oxygen atoms in total. The van der Waals surface area contributed by atoms with Crippen LogP contribution >= 0.6 is 0 Å². The van der Waals surface area contributed by atoms with E-state index in [1.807, 2.05) is 0 Å². The van der Waals surface area contributed by atoms with Crippen LogP contribution in [0.4, 0.5) is 0 Å². The van der Waals surface area contributed by atoms with Crippen LogP contribution in [0.15, 0.2) is 5.18 Å². The van der Waals surface area contributed by atoms with Crippen molar-refractivity contribution in [2.75, 3.05) is 0 Å². The molecule has 52 valence electrons. The molecule has 0 saturated carbocycles. The molecule has 0 aliphatic heterocycles. The molecule has 0 bridgehead atoms. The molecule has 0 fully saturated rings. The minimum atomic E-state index is -1.13. The van der Waals surface area contributed by atoms with Crippen molar-refractivity contribution in [2.45, 2.75) is 25.8 Å². The van der Waals surface area contributed by atoms with Gasteiger partial charge in [-0.25, -0.2) is 4.79 Å². The highest BCUT2D eigenvalue weighted by Crippen LogP contribution is 1.99. The second kappa shape index (κ2) is 4.00. The van der Waals surface area contributed by atoms with Crippen LogP contribution in [0.2, 0.25) is 0 Å². The molecule has 0 saturated heterocycles. The maximum atomic E-state index is 10.0. The fourth-order valence-corrected chi connectivity index (χ4v) is 0.495. The summed E-state index contributed by atoms with van der Waals surface area (Å²) in [5.74, 6) is -1.13. The lowest BCUT2D eigenvalue weighted by Gasteiger charge is -1.97. The first-order chi connectivity index (χ1) is 4.22. The molecule has 0 aliphatic carbocycles. The number of hydrogen-bond donors (Lipinski definition) is 1. The fraction of sp³-hybridized carbons (Fsp3) is 0.800. The quantitative estimate of drug-likeness (QED) is 0.579. The summed E-state index contributed by atoms with van der Waals surface area (Å²) in [6, 6.07) is -1.05. The van der Waals surface area contributed by atoms with Crippen molar-refractivity contribution >= 4 is 5.97 Å². The predicted octanol–water partition coefficient (Wildman–Crippen LogP) is 1.01. The Bertz CT molecular complexity index is 113. The molecule has 0 aromatic heterocycles. The average Bonchev–Trinajstić information content (AvgIpc) is 1.82. The van der Waals surface area contributed by atoms with Crippen molar-refractivity contribution in [2.24, 2.45) is 5.18 Å². The molecule has 9 heavy (non-hydrogen) atoms. The molecule has 1 atom stereocenters. The molecule has 0 spiro atoms. The zero-order valence-corrected chi connectivity index (χ0v) is 5.20. The van der Waals surface area contributed by atoms with E-state index in [2.05, 4.69) is 5.18 Å². The number of rotatable bonds is 4. The molecule has 0 aromatic carbocycles. The lowest BCUT2D eigenvalue weighted by molar-refractivity contribution is -0.138. The number of carboxylic acids is 1. The van der Waals surface area contributed by atoms with Crippen LogP contribution in [-0.4, -0.2) is 17.1 Å². The highest BCUT2D eigenvalue weighted by molar-refractivity contribution is 5.73. The van der Waals surface area contributed by atoms with Crippen LogP contribution in [0.1, 0.15) is 19.8 Å². The van der Waals surface area contributed by atoms with E-state index in [0.29, 0.717) is 12.8 Å². The van der Waals surface area contributed by atoms with Crippen LogP contribution < -0.4 is 0 Å². The van der Waals surface area contributed by atoms with Gasteiger partial charge in [0.05, 0.1) is 0 Å². The van der Waals surface area contributed by atoms with Gasteiger partial charge in [0.2, 0.25) is 0 Å². The molecule has 0 aliphatic rings. The normalized spacial score (nSPS) is 12.6. The summed E-state index contributed by atoms with van der Waals surface area (Å²) in [6.45, 7) is 1.81. The Balaban J connectivity index is 3.68. The third-order valence-electron chi connectivity index (χ3n) is 0.974. The number of nitroso groups, excluding NO2 is 1. The van der Waals surface area contributed by atoms with Crippen LogP contribution in [-0.2, 0) is 4.79 Å². The summed E-state index contributed by atoms with van der Waals surface area (Å²) >= 11 is 0. The first-order valence-corrected chi connectivity index (χ1v) is 2.77. The first-order valence-electron chi connectivity index (χ1n) is 2.77. The Kier molecular flexibility index (Phi) is 3.59. The third-order valence-corrected chi connectivity index (χ3v) is 0.974. The van der Waals surface area contributed by atoms with Gasteiger partial charge in [0.15, 0.2) is 6.04 Å². The highest BCUT2D eigenvalue weighted by Gasteiger charge is 2.15. The van der Waals surface area contributed by atoms with Crippen molar-refractivity contribution in [3.05, 3.63) is 4.91 Å². The Morgan fingerprint density at radius 2 is 2.33 bits per heavy atom. The van der Waals surface area contributed by atoms with E-state index >= 15 is 0 Å². The van der Waals surface area contributed by atoms with E-state index in [0.717, 1.165) is 0 Å². The summed E-state index contributed by atoms with van der Waals surface area (Å²) in [4.78, 5) is 19.7. The summed E-state index contributed by atoms with van der Waals surface area (Å²) in [7, 11) is 0. The summed E-state index contributed by atoms with van der Waals surface area (Å²) in [5, 5.41) is 10.6. The van der Waals surface area contributed by atoms with Crippen molar-refractivity contribution in [1.29, 1.82) is 0 Å². The smallest absolute Gasteiger partial charge is 0.332 e. The fourth-order valence-electron chi connectivity index (χ4n) is 0.495. The Hall–Kier alpha value is -0.930. The minimum Gasteiger partial charge on any atom is -0.480 e. The topological polar surface area (TPSA) is 66.7 Å². The van der Waals surface area contributed by atoms with Gasteiger partial charge in [0, 0.05) is 0 Å². The number of carboxylic acid groups (broad SMARTS) is 1. The zero-order valence-electron chi connectivity index (χ0n) is 5.20. The number of hydrogen-bond acceptors (Lipinski definition) is 3. The van der Waals surface area contributed by atoms with Gasteiger partial charge in [0.25, 0.3) is 0 Å². The molecule has 0 unspecified atom stereocenters. The number of carbonyl (C=O) groups is 1.